The molecule has 6 nitrogen and oxygen atoms in total. The van der Waals surface area contributed by atoms with E-state index < -0.39 is 29.0 Å². The van der Waals surface area contributed by atoms with E-state index in [4.69, 9.17) is 16.3 Å². The minimum atomic E-state index is -1.24. The van der Waals surface area contributed by atoms with Crippen molar-refractivity contribution < 1.29 is 23.5 Å². The SMILES string of the molecule is O=C(CC1Sc2ccc(Cl)cc2NC1=O)OC(C(=O)Nc1ccc(F)cc1)c1ccccc1. The van der Waals surface area contributed by atoms with Crippen LogP contribution in [0.4, 0.5) is 15.8 Å². The fourth-order valence-electron chi connectivity index (χ4n) is 3.23. The van der Waals surface area contributed by atoms with Gasteiger partial charge in [-0.2, -0.15) is 0 Å². The predicted molar refractivity (Wildman–Crippen MR) is 125 cm³/mol. The average molecular weight is 485 g/mol. The number of hydrogen-bond donors (Lipinski definition) is 2. The van der Waals surface area contributed by atoms with Gasteiger partial charge in [0.15, 0.2) is 0 Å². The quantitative estimate of drug-likeness (QED) is 0.469. The molecule has 2 N–H and O–H groups in total. The summed E-state index contributed by atoms with van der Waals surface area (Å²) < 4.78 is 18.7. The maximum Gasteiger partial charge on any atom is 0.308 e. The number of amides is 2. The van der Waals surface area contributed by atoms with Gasteiger partial charge in [-0.3, -0.25) is 14.4 Å². The molecule has 2 atom stereocenters. The molecule has 0 aliphatic carbocycles. The molecule has 0 bridgehead atoms. The summed E-state index contributed by atoms with van der Waals surface area (Å²) in [5, 5.41) is 5.13. The van der Waals surface area contributed by atoms with Crippen LogP contribution in [0.15, 0.2) is 77.7 Å². The summed E-state index contributed by atoms with van der Waals surface area (Å²) in [4.78, 5) is 38.9. The summed E-state index contributed by atoms with van der Waals surface area (Å²) in [5.74, 6) is -2.09. The standard InChI is InChI=1S/C24H18ClFN2O4S/c25-15-6-11-19-18(12-15)28-23(30)20(33-19)13-21(29)32-22(14-4-2-1-3-5-14)24(31)27-17-9-7-16(26)8-10-17/h1-12,20,22H,13H2,(H,27,31)(H,28,30). The van der Waals surface area contributed by atoms with Gasteiger partial charge in [0.1, 0.15) is 5.82 Å². The molecule has 2 amide bonds. The highest BCUT2D eigenvalue weighted by Gasteiger charge is 2.32. The topological polar surface area (TPSA) is 84.5 Å². The van der Waals surface area contributed by atoms with Gasteiger partial charge < -0.3 is 15.4 Å². The summed E-state index contributed by atoms with van der Waals surface area (Å²) in [6.45, 7) is 0. The molecule has 1 aliphatic heterocycles. The van der Waals surface area contributed by atoms with E-state index in [2.05, 4.69) is 10.6 Å². The van der Waals surface area contributed by atoms with Crippen molar-refractivity contribution in [1.29, 1.82) is 0 Å². The summed E-state index contributed by atoms with van der Waals surface area (Å²) in [7, 11) is 0. The molecule has 2 unspecified atom stereocenters. The molecular formula is C24H18ClFN2O4S. The molecule has 33 heavy (non-hydrogen) atoms. The van der Waals surface area contributed by atoms with E-state index >= 15 is 0 Å². The lowest BCUT2D eigenvalue weighted by atomic mass is 10.1. The van der Waals surface area contributed by atoms with Crippen LogP contribution in [0, 0.1) is 5.82 Å². The van der Waals surface area contributed by atoms with Crippen molar-refractivity contribution in [3.63, 3.8) is 0 Å². The molecule has 3 aromatic carbocycles. The Morgan fingerprint density at radius 1 is 1.09 bits per heavy atom. The van der Waals surface area contributed by atoms with Crippen molar-refractivity contribution in [2.24, 2.45) is 0 Å². The van der Waals surface area contributed by atoms with Crippen LogP contribution in [-0.4, -0.2) is 23.0 Å². The van der Waals surface area contributed by atoms with Crippen molar-refractivity contribution in [3.05, 3.63) is 89.2 Å². The number of thioether (sulfide) groups is 1. The lowest BCUT2D eigenvalue weighted by molar-refractivity contribution is -0.155. The summed E-state index contributed by atoms with van der Waals surface area (Å²) in [6, 6.07) is 18.9. The van der Waals surface area contributed by atoms with Gasteiger partial charge in [-0.05, 0) is 42.5 Å². The van der Waals surface area contributed by atoms with Gasteiger partial charge in [-0.1, -0.05) is 41.9 Å². The molecule has 168 valence electrons. The highest BCUT2D eigenvalue weighted by atomic mass is 35.5. The fraction of sp³-hybridized carbons (Fsp3) is 0.125. The van der Waals surface area contributed by atoms with Crippen molar-refractivity contribution in [1.82, 2.24) is 0 Å². The first-order chi connectivity index (χ1) is 15.9. The van der Waals surface area contributed by atoms with Crippen molar-refractivity contribution in [2.45, 2.75) is 22.7 Å². The molecule has 0 spiro atoms. The van der Waals surface area contributed by atoms with Crippen LogP contribution in [0.5, 0.6) is 0 Å². The Morgan fingerprint density at radius 2 is 1.82 bits per heavy atom. The molecule has 0 aromatic heterocycles. The summed E-state index contributed by atoms with van der Waals surface area (Å²) in [6.07, 6.45) is -1.47. The molecule has 0 saturated heterocycles. The first-order valence-corrected chi connectivity index (χ1v) is 11.2. The summed E-state index contributed by atoms with van der Waals surface area (Å²) >= 11 is 7.19. The maximum atomic E-state index is 13.2. The molecule has 3 aromatic rings. The van der Waals surface area contributed by atoms with Crippen LogP contribution in [0.1, 0.15) is 18.1 Å². The van der Waals surface area contributed by atoms with Crippen molar-refractivity contribution in [3.8, 4) is 0 Å². The van der Waals surface area contributed by atoms with Crippen LogP contribution in [0.2, 0.25) is 5.02 Å². The zero-order valence-electron chi connectivity index (χ0n) is 17.1. The van der Waals surface area contributed by atoms with Gasteiger partial charge in [0.2, 0.25) is 12.0 Å². The zero-order chi connectivity index (χ0) is 23.4. The van der Waals surface area contributed by atoms with E-state index in [0.717, 1.165) is 4.90 Å². The highest BCUT2D eigenvalue weighted by Crippen LogP contribution is 2.38. The Morgan fingerprint density at radius 3 is 2.55 bits per heavy atom. The van der Waals surface area contributed by atoms with Crippen molar-refractivity contribution in [2.75, 3.05) is 10.6 Å². The second-order valence-corrected chi connectivity index (χ2v) is 8.90. The number of esters is 1. The number of carbonyl (C=O) groups is 3. The number of carbonyl (C=O) groups excluding carboxylic acids is 3. The minimum Gasteiger partial charge on any atom is -0.447 e. The van der Waals surface area contributed by atoms with E-state index in [9.17, 15) is 18.8 Å². The maximum absolute atomic E-state index is 13.2. The van der Waals surface area contributed by atoms with Crippen molar-refractivity contribution >= 4 is 52.5 Å². The minimum absolute atomic E-state index is 0.230. The Kier molecular flexibility index (Phi) is 6.96. The smallest absolute Gasteiger partial charge is 0.308 e. The Hall–Kier alpha value is -3.36. The van der Waals surface area contributed by atoms with Crippen LogP contribution in [0.25, 0.3) is 0 Å². The van der Waals surface area contributed by atoms with Crippen LogP contribution in [0.3, 0.4) is 0 Å². The Labute approximate surface area is 198 Å². The number of fused-ring (bicyclic) bond motifs is 1. The van der Waals surface area contributed by atoms with E-state index in [1.54, 1.807) is 48.5 Å². The van der Waals surface area contributed by atoms with Gasteiger partial charge >= 0.3 is 5.97 Å². The van der Waals surface area contributed by atoms with E-state index in [1.807, 2.05) is 0 Å². The summed E-state index contributed by atoms with van der Waals surface area (Å²) in [5.41, 5.74) is 1.41. The number of nitrogens with one attached hydrogen (secondary N) is 2. The lowest BCUT2D eigenvalue weighted by Gasteiger charge is -2.24. The average Bonchev–Trinajstić information content (AvgIpc) is 2.80. The zero-order valence-corrected chi connectivity index (χ0v) is 18.7. The normalized spacial score (nSPS) is 15.7. The number of hydrogen-bond acceptors (Lipinski definition) is 5. The van der Waals surface area contributed by atoms with Gasteiger partial charge in [0.05, 0.1) is 17.4 Å². The van der Waals surface area contributed by atoms with Gasteiger partial charge in [-0.15, -0.1) is 11.8 Å². The number of ether oxygens (including phenoxy) is 1. The molecule has 1 aliphatic rings. The first-order valence-electron chi connectivity index (χ1n) is 9.97. The largest absolute Gasteiger partial charge is 0.447 e. The third-order valence-electron chi connectivity index (χ3n) is 4.81. The molecule has 1 heterocycles. The third-order valence-corrected chi connectivity index (χ3v) is 6.32. The lowest BCUT2D eigenvalue weighted by Crippen LogP contribution is -2.33. The molecule has 0 fully saturated rings. The van der Waals surface area contributed by atoms with Crippen LogP contribution >= 0.6 is 23.4 Å². The van der Waals surface area contributed by atoms with Gasteiger partial charge in [0.25, 0.3) is 5.91 Å². The van der Waals surface area contributed by atoms with E-state index in [1.165, 1.54) is 36.0 Å². The molecule has 0 radical (unpaired) electrons. The highest BCUT2D eigenvalue weighted by molar-refractivity contribution is 8.01. The molecule has 0 saturated carbocycles. The predicted octanol–water partition coefficient (Wildman–Crippen LogP) is 5.21. The Balaban J connectivity index is 1.47. The van der Waals surface area contributed by atoms with Crippen LogP contribution in [-0.2, 0) is 19.1 Å². The number of benzene rings is 3. The first kappa shape index (κ1) is 22.8. The van der Waals surface area contributed by atoms with Crippen LogP contribution < -0.4 is 10.6 Å². The number of anilines is 2. The Bertz CT molecular complexity index is 1190. The second-order valence-electron chi connectivity index (χ2n) is 7.22. The molecule has 4 rings (SSSR count). The van der Waals surface area contributed by atoms with Gasteiger partial charge in [-0.25, -0.2) is 4.39 Å². The van der Waals surface area contributed by atoms with E-state index in [-0.39, 0.29) is 12.3 Å². The monoisotopic (exact) mass is 484 g/mol. The van der Waals surface area contributed by atoms with E-state index in [0.29, 0.717) is 22.0 Å². The second kappa shape index (κ2) is 10.1. The number of halogens is 2. The molecular weight excluding hydrogens is 467 g/mol. The number of rotatable bonds is 6. The van der Waals surface area contributed by atoms with Gasteiger partial charge in [0, 0.05) is 21.2 Å². The fourth-order valence-corrected chi connectivity index (χ4v) is 4.48. The molecule has 9 heteroatoms. The third kappa shape index (κ3) is 5.71.